The van der Waals surface area contributed by atoms with Gasteiger partial charge in [0, 0.05) is 6.92 Å². The minimum atomic E-state index is -2.99. The van der Waals surface area contributed by atoms with Crippen LogP contribution in [0.5, 0.6) is 11.5 Å². The molecule has 0 spiro atoms. The third kappa shape index (κ3) is 1.43. The molecule has 2 nitrogen and oxygen atoms in total. The molecule has 1 aliphatic heterocycles. The van der Waals surface area contributed by atoms with Gasteiger partial charge in [0.2, 0.25) is 0 Å². The van der Waals surface area contributed by atoms with Crippen molar-refractivity contribution in [2.24, 2.45) is 0 Å². The third-order valence-electron chi connectivity index (χ3n) is 1.73. The van der Waals surface area contributed by atoms with Crippen molar-refractivity contribution >= 4 is 0 Å². The molecule has 1 aromatic carbocycles. The molecule has 0 radical (unpaired) electrons. The van der Waals surface area contributed by atoms with E-state index in [4.69, 9.17) is 9.47 Å². The van der Waals surface area contributed by atoms with Crippen molar-refractivity contribution < 1.29 is 18.3 Å². The molecule has 13 heavy (non-hydrogen) atoms. The number of ether oxygens (including phenoxy) is 2. The van der Waals surface area contributed by atoms with E-state index in [0.29, 0.717) is 11.5 Å². The van der Waals surface area contributed by atoms with Crippen LogP contribution in [0.2, 0.25) is 0 Å². The predicted octanol–water partition coefficient (Wildman–Crippen LogP) is 2.44. The second-order valence-corrected chi connectivity index (χ2v) is 2.97. The molecule has 1 heterocycles. The normalized spacial score (nSPS) is 16.2. The van der Waals surface area contributed by atoms with Crippen molar-refractivity contribution in [2.45, 2.75) is 19.1 Å². The first-order chi connectivity index (χ1) is 6.07. The molecule has 4 heteroatoms. The molecule has 0 aromatic heterocycles. The Balaban J connectivity index is 2.23. The summed E-state index contributed by atoms with van der Waals surface area (Å²) < 4.78 is 35.3. The molecule has 70 valence electrons. The van der Waals surface area contributed by atoms with Gasteiger partial charge in [0.25, 0.3) is 0 Å². The zero-order valence-electron chi connectivity index (χ0n) is 6.96. The van der Waals surface area contributed by atoms with Crippen molar-refractivity contribution in [1.82, 2.24) is 0 Å². The summed E-state index contributed by atoms with van der Waals surface area (Å²) in [5, 5.41) is 0. The first-order valence-corrected chi connectivity index (χ1v) is 3.87. The van der Waals surface area contributed by atoms with E-state index >= 15 is 0 Å². The molecular weight excluding hydrogens is 178 g/mol. The van der Waals surface area contributed by atoms with Crippen molar-refractivity contribution in [1.29, 1.82) is 0 Å². The Morgan fingerprint density at radius 3 is 2.00 bits per heavy atom. The first-order valence-electron chi connectivity index (χ1n) is 3.87. The summed E-state index contributed by atoms with van der Waals surface area (Å²) in [4.78, 5) is 0. The molecule has 0 saturated carbocycles. The molecule has 1 aliphatic rings. The van der Waals surface area contributed by atoms with E-state index in [1.54, 1.807) is 24.3 Å². The lowest BCUT2D eigenvalue weighted by Crippen LogP contribution is -2.37. The zero-order valence-corrected chi connectivity index (χ0v) is 6.96. The fourth-order valence-electron chi connectivity index (χ4n) is 1.11. The van der Waals surface area contributed by atoms with E-state index in [1.165, 1.54) is 0 Å². The third-order valence-corrected chi connectivity index (χ3v) is 1.73. The van der Waals surface area contributed by atoms with Crippen LogP contribution in [0.25, 0.3) is 0 Å². The van der Waals surface area contributed by atoms with Gasteiger partial charge >= 0.3 is 12.2 Å². The SMILES string of the molecule is CC(F)(F)C1Oc2ccccc2O1. The Bertz CT molecular complexity index is 295. The molecule has 0 atom stereocenters. The summed E-state index contributed by atoms with van der Waals surface area (Å²) in [5.41, 5.74) is 0. The van der Waals surface area contributed by atoms with Crippen LogP contribution in [0.1, 0.15) is 6.92 Å². The molecule has 0 fully saturated rings. The summed E-state index contributed by atoms with van der Waals surface area (Å²) in [6.07, 6.45) is -1.50. The lowest BCUT2D eigenvalue weighted by atomic mass is 10.3. The minimum absolute atomic E-state index is 0.369. The van der Waals surface area contributed by atoms with Gasteiger partial charge in [-0.05, 0) is 12.1 Å². The highest BCUT2D eigenvalue weighted by molar-refractivity contribution is 5.41. The largest absolute Gasteiger partial charge is 0.445 e. The maximum atomic E-state index is 12.7. The van der Waals surface area contributed by atoms with Crippen LogP contribution in [0, 0.1) is 0 Å². The Morgan fingerprint density at radius 1 is 1.15 bits per heavy atom. The lowest BCUT2D eigenvalue weighted by molar-refractivity contribution is -0.150. The minimum Gasteiger partial charge on any atom is -0.445 e. The van der Waals surface area contributed by atoms with Gasteiger partial charge in [-0.15, -0.1) is 0 Å². The molecule has 2 rings (SSSR count). The van der Waals surface area contributed by atoms with E-state index in [9.17, 15) is 8.78 Å². The van der Waals surface area contributed by atoms with Gasteiger partial charge in [-0.1, -0.05) is 12.1 Å². The number of alkyl halides is 2. The molecule has 1 aromatic rings. The van der Waals surface area contributed by atoms with E-state index in [1.807, 2.05) is 0 Å². The highest BCUT2D eigenvalue weighted by Crippen LogP contribution is 2.38. The van der Waals surface area contributed by atoms with Crippen LogP contribution in [0.15, 0.2) is 24.3 Å². The number of hydrogen-bond acceptors (Lipinski definition) is 2. The number of halogens is 2. The number of hydrogen-bond donors (Lipinski definition) is 0. The van der Waals surface area contributed by atoms with Crippen LogP contribution in [-0.2, 0) is 0 Å². The summed E-state index contributed by atoms with van der Waals surface area (Å²) in [6.45, 7) is 0.767. The summed E-state index contributed by atoms with van der Waals surface area (Å²) >= 11 is 0. The fourth-order valence-corrected chi connectivity index (χ4v) is 1.11. The van der Waals surface area contributed by atoms with Gasteiger partial charge in [-0.3, -0.25) is 0 Å². The van der Waals surface area contributed by atoms with Gasteiger partial charge < -0.3 is 9.47 Å². The number of para-hydroxylation sites is 2. The molecule has 0 aliphatic carbocycles. The van der Waals surface area contributed by atoms with Crippen LogP contribution in [-0.4, -0.2) is 12.2 Å². The molecule has 0 amide bonds. The average Bonchev–Trinajstić information content (AvgIpc) is 2.45. The van der Waals surface area contributed by atoms with Gasteiger partial charge in [0.1, 0.15) is 0 Å². The summed E-state index contributed by atoms with van der Waals surface area (Å²) in [6, 6.07) is 6.61. The Hall–Kier alpha value is -1.32. The van der Waals surface area contributed by atoms with E-state index < -0.39 is 12.2 Å². The zero-order chi connectivity index (χ0) is 9.47. The van der Waals surface area contributed by atoms with Crippen LogP contribution in [0.4, 0.5) is 8.78 Å². The fraction of sp³-hybridized carbons (Fsp3) is 0.333. The predicted molar refractivity (Wildman–Crippen MR) is 42.1 cm³/mol. The quantitative estimate of drug-likeness (QED) is 0.670. The second kappa shape index (κ2) is 2.58. The van der Waals surface area contributed by atoms with E-state index in [-0.39, 0.29) is 0 Å². The van der Waals surface area contributed by atoms with Gasteiger partial charge in [-0.25, -0.2) is 0 Å². The highest BCUT2D eigenvalue weighted by atomic mass is 19.3. The van der Waals surface area contributed by atoms with Gasteiger partial charge in [0.05, 0.1) is 0 Å². The van der Waals surface area contributed by atoms with E-state index in [2.05, 4.69) is 0 Å². The van der Waals surface area contributed by atoms with Gasteiger partial charge in [0.15, 0.2) is 11.5 Å². The Morgan fingerprint density at radius 2 is 1.62 bits per heavy atom. The molecule has 0 unspecified atom stereocenters. The summed E-state index contributed by atoms with van der Waals surface area (Å²) in [7, 11) is 0. The second-order valence-electron chi connectivity index (χ2n) is 2.97. The number of rotatable bonds is 1. The maximum absolute atomic E-state index is 12.7. The van der Waals surface area contributed by atoms with Crippen LogP contribution in [0.3, 0.4) is 0 Å². The van der Waals surface area contributed by atoms with Crippen molar-refractivity contribution in [3.05, 3.63) is 24.3 Å². The van der Waals surface area contributed by atoms with E-state index in [0.717, 1.165) is 6.92 Å². The highest BCUT2D eigenvalue weighted by Gasteiger charge is 2.42. The molecular formula is C9H8F2O2. The Labute approximate surface area is 74.1 Å². The van der Waals surface area contributed by atoms with Crippen molar-refractivity contribution in [3.8, 4) is 11.5 Å². The molecule has 0 N–H and O–H groups in total. The Kier molecular flexibility index (Phi) is 1.65. The van der Waals surface area contributed by atoms with Crippen LogP contribution >= 0.6 is 0 Å². The monoisotopic (exact) mass is 186 g/mol. The maximum Gasteiger partial charge on any atom is 0.317 e. The molecule has 0 bridgehead atoms. The lowest BCUT2D eigenvalue weighted by Gasteiger charge is -2.16. The smallest absolute Gasteiger partial charge is 0.317 e. The van der Waals surface area contributed by atoms with Crippen LogP contribution < -0.4 is 9.47 Å². The standard InChI is InChI=1S/C9H8F2O2/c1-9(10,11)8-12-6-4-2-3-5-7(6)13-8/h2-5,8H,1H3. The summed E-state index contributed by atoms with van der Waals surface area (Å²) in [5.74, 6) is -2.25. The van der Waals surface area contributed by atoms with Crippen molar-refractivity contribution in [2.75, 3.05) is 0 Å². The topological polar surface area (TPSA) is 18.5 Å². The average molecular weight is 186 g/mol. The van der Waals surface area contributed by atoms with Crippen molar-refractivity contribution in [3.63, 3.8) is 0 Å². The molecule has 0 saturated heterocycles. The van der Waals surface area contributed by atoms with Gasteiger partial charge in [-0.2, -0.15) is 8.78 Å². The first kappa shape index (κ1) is 8.29. The number of fused-ring (bicyclic) bond motifs is 1. The number of benzene rings is 1.